The molecule has 0 aliphatic carbocycles. The van der Waals surface area contributed by atoms with Gasteiger partial charge in [0.05, 0.1) is 6.61 Å². The fourth-order valence-corrected chi connectivity index (χ4v) is 2.05. The average molecular weight is 448 g/mol. The Kier molecular flexibility index (Phi) is 13.2. The minimum Gasteiger partial charge on any atom is -0.396 e. The number of rotatable bonds is 9. The zero-order valence-electron chi connectivity index (χ0n) is 14.4. The Morgan fingerprint density at radius 2 is 1.88 bits per heavy atom. The first-order chi connectivity index (χ1) is 11.2. The lowest BCUT2D eigenvalue weighted by Crippen LogP contribution is -2.40. The number of benzene rings is 1. The molecule has 0 aliphatic heterocycles. The third-order valence-electron chi connectivity index (χ3n) is 3.30. The average Bonchev–Trinajstić information content (AvgIpc) is 2.59. The maximum absolute atomic E-state index is 11.6. The second kappa shape index (κ2) is 14.0. The third kappa shape index (κ3) is 9.07. The molecule has 136 valence electrons. The topological polar surface area (TPSA) is 85.8 Å². The molecule has 1 rings (SSSR count). The quantitative estimate of drug-likeness (QED) is 0.262. The van der Waals surface area contributed by atoms with Crippen LogP contribution in [0.1, 0.15) is 31.7 Å². The Morgan fingerprint density at radius 1 is 1.17 bits per heavy atom. The number of carbonyl (C=O) groups excluding carboxylic acids is 1. The molecule has 1 aromatic carbocycles. The summed E-state index contributed by atoms with van der Waals surface area (Å²) < 4.78 is 0. The summed E-state index contributed by atoms with van der Waals surface area (Å²) in [6.45, 7) is 6.03. The number of aliphatic hydroxyl groups excluding tert-OH is 1. The molecule has 7 heteroatoms. The van der Waals surface area contributed by atoms with Crippen molar-refractivity contribution in [3.63, 3.8) is 0 Å². The summed E-state index contributed by atoms with van der Waals surface area (Å²) in [5.41, 5.74) is 1.07. The highest BCUT2D eigenvalue weighted by Gasteiger charge is 2.11. The van der Waals surface area contributed by atoms with E-state index in [1.165, 1.54) is 0 Å². The van der Waals surface area contributed by atoms with Crippen LogP contribution >= 0.6 is 24.0 Å². The minimum atomic E-state index is -0.0918. The van der Waals surface area contributed by atoms with Crippen molar-refractivity contribution in [1.82, 2.24) is 16.0 Å². The minimum absolute atomic E-state index is 0. The van der Waals surface area contributed by atoms with Crippen LogP contribution in [0.2, 0.25) is 0 Å². The molecule has 1 atom stereocenters. The molecule has 1 aromatic rings. The van der Waals surface area contributed by atoms with E-state index in [0.29, 0.717) is 25.6 Å². The van der Waals surface area contributed by atoms with E-state index in [4.69, 9.17) is 0 Å². The molecule has 0 saturated heterocycles. The number of aliphatic hydroxyl groups is 1. The first-order valence-electron chi connectivity index (χ1n) is 8.15. The van der Waals surface area contributed by atoms with Gasteiger partial charge >= 0.3 is 0 Å². The van der Waals surface area contributed by atoms with E-state index in [0.717, 1.165) is 12.0 Å². The van der Waals surface area contributed by atoms with E-state index in [1.807, 2.05) is 44.2 Å². The zero-order valence-corrected chi connectivity index (χ0v) is 16.7. The first kappa shape index (κ1) is 22.6. The van der Waals surface area contributed by atoms with Crippen molar-refractivity contribution in [3.8, 4) is 0 Å². The molecular weight excluding hydrogens is 419 g/mol. The Labute approximate surface area is 161 Å². The smallest absolute Gasteiger partial charge is 0.241 e. The highest BCUT2D eigenvalue weighted by atomic mass is 127. The highest BCUT2D eigenvalue weighted by molar-refractivity contribution is 14.0. The van der Waals surface area contributed by atoms with Crippen LogP contribution in [0.15, 0.2) is 35.3 Å². The number of aliphatic imine (C=N–C) groups is 1. The number of nitrogens with zero attached hydrogens (tertiary/aromatic N) is 1. The van der Waals surface area contributed by atoms with Gasteiger partial charge in [0.15, 0.2) is 5.96 Å². The van der Waals surface area contributed by atoms with Gasteiger partial charge in [-0.05, 0) is 18.9 Å². The Balaban J connectivity index is 0.00000529. The van der Waals surface area contributed by atoms with Crippen LogP contribution in [0, 0.1) is 0 Å². The fourth-order valence-electron chi connectivity index (χ4n) is 2.05. The molecule has 4 N–H and O–H groups in total. The van der Waals surface area contributed by atoms with Gasteiger partial charge in [-0.2, -0.15) is 0 Å². The molecule has 6 nitrogen and oxygen atoms in total. The first-order valence-corrected chi connectivity index (χ1v) is 8.15. The van der Waals surface area contributed by atoms with E-state index in [2.05, 4.69) is 20.9 Å². The number of nitrogens with one attached hydrogen (secondary N) is 3. The lowest BCUT2D eigenvalue weighted by Gasteiger charge is -2.18. The molecule has 0 saturated carbocycles. The van der Waals surface area contributed by atoms with Gasteiger partial charge in [0, 0.05) is 25.6 Å². The van der Waals surface area contributed by atoms with Gasteiger partial charge in [-0.25, -0.2) is 4.99 Å². The van der Waals surface area contributed by atoms with Crippen LogP contribution in [-0.4, -0.2) is 49.8 Å². The van der Waals surface area contributed by atoms with Gasteiger partial charge in [0.1, 0.15) is 6.54 Å². The second-order valence-corrected chi connectivity index (χ2v) is 5.22. The number of guanidine groups is 1. The summed E-state index contributed by atoms with van der Waals surface area (Å²) in [4.78, 5) is 15.9. The summed E-state index contributed by atoms with van der Waals surface area (Å²) in [6, 6.07) is 9.84. The Bertz CT molecular complexity index is 483. The van der Waals surface area contributed by atoms with E-state index in [1.54, 1.807) is 0 Å². The van der Waals surface area contributed by atoms with Crippen LogP contribution in [0.25, 0.3) is 0 Å². The molecule has 0 fully saturated rings. The lowest BCUT2D eigenvalue weighted by molar-refractivity contribution is -0.119. The normalized spacial score (nSPS) is 12.0. The van der Waals surface area contributed by atoms with Crippen molar-refractivity contribution < 1.29 is 9.90 Å². The zero-order chi connectivity index (χ0) is 16.9. The van der Waals surface area contributed by atoms with Gasteiger partial charge < -0.3 is 21.1 Å². The second-order valence-electron chi connectivity index (χ2n) is 5.22. The van der Waals surface area contributed by atoms with Crippen molar-refractivity contribution in [1.29, 1.82) is 0 Å². The van der Waals surface area contributed by atoms with Crippen molar-refractivity contribution in [2.45, 2.75) is 26.2 Å². The van der Waals surface area contributed by atoms with Crippen molar-refractivity contribution in [2.24, 2.45) is 4.99 Å². The highest BCUT2D eigenvalue weighted by Crippen LogP contribution is 2.13. The summed E-state index contributed by atoms with van der Waals surface area (Å²) in [6.07, 6.45) is 0.906. The van der Waals surface area contributed by atoms with Gasteiger partial charge in [0.25, 0.3) is 0 Å². The molecule has 0 radical (unpaired) electrons. The Hall–Kier alpha value is -1.35. The monoisotopic (exact) mass is 448 g/mol. The van der Waals surface area contributed by atoms with Crippen LogP contribution in [0.3, 0.4) is 0 Å². The predicted molar refractivity (Wildman–Crippen MR) is 109 cm³/mol. The van der Waals surface area contributed by atoms with Gasteiger partial charge in [-0.1, -0.05) is 37.3 Å². The number of hydrogen-bond donors (Lipinski definition) is 4. The molecule has 0 aliphatic rings. The standard InChI is InChI=1S/C17H28N4O2.HI/c1-3-10-19-16(23)12-21-17(18-4-2)20-11-15(13-22)14-8-6-5-7-9-14;/h5-9,15,22H,3-4,10-13H2,1-2H3,(H,19,23)(H2,18,20,21);1H. The summed E-state index contributed by atoms with van der Waals surface area (Å²) in [5.74, 6) is 0.466. The number of hydrogen-bond acceptors (Lipinski definition) is 3. The molecule has 1 unspecified atom stereocenters. The van der Waals surface area contributed by atoms with E-state index in [-0.39, 0.29) is 49.0 Å². The lowest BCUT2D eigenvalue weighted by atomic mass is 10.0. The maximum Gasteiger partial charge on any atom is 0.241 e. The summed E-state index contributed by atoms with van der Waals surface area (Å²) in [7, 11) is 0. The summed E-state index contributed by atoms with van der Waals surface area (Å²) >= 11 is 0. The van der Waals surface area contributed by atoms with E-state index >= 15 is 0 Å². The molecule has 24 heavy (non-hydrogen) atoms. The molecular formula is C17H29IN4O2. The van der Waals surface area contributed by atoms with Crippen LogP contribution in [-0.2, 0) is 4.79 Å². The SMILES string of the molecule is CCCNC(=O)CN=C(NCC)NCC(CO)c1ccccc1.I. The largest absolute Gasteiger partial charge is 0.396 e. The van der Waals surface area contributed by atoms with Crippen LogP contribution in [0.5, 0.6) is 0 Å². The molecule has 0 heterocycles. The van der Waals surface area contributed by atoms with Crippen LogP contribution in [0.4, 0.5) is 0 Å². The van der Waals surface area contributed by atoms with Gasteiger partial charge in [0.2, 0.25) is 5.91 Å². The number of halogens is 1. The van der Waals surface area contributed by atoms with E-state index < -0.39 is 0 Å². The van der Waals surface area contributed by atoms with Crippen molar-refractivity contribution in [3.05, 3.63) is 35.9 Å². The van der Waals surface area contributed by atoms with Gasteiger partial charge in [-0.15, -0.1) is 24.0 Å². The van der Waals surface area contributed by atoms with Gasteiger partial charge in [-0.3, -0.25) is 4.79 Å². The molecule has 0 bridgehead atoms. The Morgan fingerprint density at radius 3 is 2.46 bits per heavy atom. The van der Waals surface area contributed by atoms with Crippen LogP contribution < -0.4 is 16.0 Å². The third-order valence-corrected chi connectivity index (χ3v) is 3.30. The molecule has 1 amide bonds. The number of carbonyl (C=O) groups is 1. The molecule has 0 aromatic heterocycles. The van der Waals surface area contributed by atoms with Crippen molar-refractivity contribution >= 4 is 35.8 Å². The van der Waals surface area contributed by atoms with E-state index in [9.17, 15) is 9.90 Å². The predicted octanol–water partition coefficient (Wildman–Crippen LogP) is 1.46. The number of amides is 1. The summed E-state index contributed by atoms with van der Waals surface area (Å²) in [5, 5.41) is 18.6. The molecule has 0 spiro atoms. The fraction of sp³-hybridized carbons (Fsp3) is 0.529. The maximum atomic E-state index is 11.6. The van der Waals surface area contributed by atoms with Crippen molar-refractivity contribution in [2.75, 3.05) is 32.8 Å².